The lowest BCUT2D eigenvalue weighted by Crippen LogP contribution is -2.22. The van der Waals surface area contributed by atoms with Crippen LogP contribution in [0.5, 0.6) is 0 Å². The summed E-state index contributed by atoms with van der Waals surface area (Å²) in [5.41, 5.74) is 7.48. The molecule has 0 unspecified atom stereocenters. The molecule has 0 spiro atoms. The summed E-state index contributed by atoms with van der Waals surface area (Å²) in [4.78, 5) is 21.5. The number of ether oxygens (including phenoxy) is 1. The number of nitrogens with zero attached hydrogens (tertiary/aromatic N) is 2. The van der Waals surface area contributed by atoms with Crippen molar-refractivity contribution in [2.45, 2.75) is 6.54 Å². The first-order valence-corrected chi connectivity index (χ1v) is 7.55. The number of thiazole rings is 2. The van der Waals surface area contributed by atoms with Gasteiger partial charge in [-0.15, -0.1) is 11.3 Å². The Labute approximate surface area is 124 Å². The molecule has 2 aromatic heterocycles. The summed E-state index contributed by atoms with van der Waals surface area (Å²) in [6, 6.07) is 0. The molecule has 2 rings (SSSR count). The van der Waals surface area contributed by atoms with E-state index in [0.29, 0.717) is 29.7 Å². The molecule has 0 saturated carbocycles. The van der Waals surface area contributed by atoms with Crippen LogP contribution < -0.4 is 16.4 Å². The Hall–Kier alpha value is -1.71. The second kappa shape index (κ2) is 7.17. The van der Waals surface area contributed by atoms with Crippen molar-refractivity contribution in [2.24, 2.45) is 0 Å². The van der Waals surface area contributed by atoms with Crippen LogP contribution in [-0.2, 0) is 11.3 Å². The lowest BCUT2D eigenvalue weighted by molar-refractivity contribution is 0.0956. The highest BCUT2D eigenvalue weighted by Crippen LogP contribution is 2.24. The van der Waals surface area contributed by atoms with E-state index in [1.54, 1.807) is 18.8 Å². The summed E-state index contributed by atoms with van der Waals surface area (Å²) in [7, 11) is 1.62. The molecule has 0 saturated heterocycles. The van der Waals surface area contributed by atoms with Crippen molar-refractivity contribution in [3.8, 4) is 0 Å². The molecule has 20 heavy (non-hydrogen) atoms. The molecule has 7 nitrogen and oxygen atoms in total. The highest BCUT2D eigenvalue weighted by Gasteiger charge is 2.15. The fourth-order valence-electron chi connectivity index (χ4n) is 1.41. The fourth-order valence-corrected chi connectivity index (χ4v) is 2.77. The van der Waals surface area contributed by atoms with Crippen molar-refractivity contribution >= 4 is 39.5 Å². The highest BCUT2D eigenvalue weighted by molar-refractivity contribution is 7.18. The number of carbonyl (C=O) groups is 1. The van der Waals surface area contributed by atoms with Crippen LogP contribution in [0.25, 0.3) is 0 Å². The summed E-state index contributed by atoms with van der Waals surface area (Å²) < 4.78 is 4.93. The molecule has 0 fully saturated rings. The van der Waals surface area contributed by atoms with Crippen molar-refractivity contribution in [1.82, 2.24) is 15.3 Å². The number of rotatable bonds is 7. The van der Waals surface area contributed by atoms with Crippen LogP contribution >= 0.6 is 22.7 Å². The molecule has 0 bridgehead atoms. The van der Waals surface area contributed by atoms with Crippen LogP contribution in [0.1, 0.15) is 14.5 Å². The largest absolute Gasteiger partial charge is 0.383 e. The van der Waals surface area contributed by atoms with Crippen LogP contribution in [-0.4, -0.2) is 36.1 Å². The van der Waals surface area contributed by atoms with E-state index >= 15 is 0 Å². The van der Waals surface area contributed by atoms with Crippen molar-refractivity contribution < 1.29 is 9.53 Å². The quantitative estimate of drug-likeness (QED) is 0.663. The second-order valence-electron chi connectivity index (χ2n) is 3.80. The maximum Gasteiger partial charge on any atom is 0.265 e. The summed E-state index contributed by atoms with van der Waals surface area (Å²) in [5, 5.41) is 6.45. The van der Waals surface area contributed by atoms with Crippen LogP contribution in [0.2, 0.25) is 0 Å². The number of hydrogen-bond donors (Lipinski definition) is 3. The van der Waals surface area contributed by atoms with Gasteiger partial charge >= 0.3 is 0 Å². The first-order valence-electron chi connectivity index (χ1n) is 5.85. The number of nitrogen functional groups attached to an aromatic ring is 1. The molecule has 0 radical (unpaired) electrons. The van der Waals surface area contributed by atoms with Crippen LogP contribution in [0.4, 0.5) is 10.9 Å². The number of methoxy groups -OCH3 is 1. The summed E-state index contributed by atoms with van der Waals surface area (Å²) >= 11 is 2.72. The first kappa shape index (κ1) is 14.7. The van der Waals surface area contributed by atoms with Crippen molar-refractivity contribution in [1.29, 1.82) is 0 Å². The number of hydrogen-bond acceptors (Lipinski definition) is 8. The fraction of sp³-hybridized carbons (Fsp3) is 0.364. The lowest BCUT2D eigenvalue weighted by Gasteiger charge is -2.01. The van der Waals surface area contributed by atoms with E-state index < -0.39 is 0 Å². The topological polar surface area (TPSA) is 102 Å². The van der Waals surface area contributed by atoms with Gasteiger partial charge < -0.3 is 21.1 Å². The monoisotopic (exact) mass is 313 g/mol. The number of anilines is 2. The molecule has 0 aliphatic heterocycles. The summed E-state index contributed by atoms with van der Waals surface area (Å²) in [6.07, 6.45) is 1.72. The number of carbonyl (C=O) groups excluding carboxylic acids is 1. The molecule has 1 amide bonds. The smallest absolute Gasteiger partial charge is 0.265 e. The van der Waals surface area contributed by atoms with Gasteiger partial charge in [-0.25, -0.2) is 4.98 Å². The second-order valence-corrected chi connectivity index (χ2v) is 5.77. The van der Waals surface area contributed by atoms with Crippen LogP contribution in [0.3, 0.4) is 0 Å². The zero-order chi connectivity index (χ0) is 14.4. The van der Waals surface area contributed by atoms with Gasteiger partial charge in [-0.2, -0.15) is 0 Å². The minimum Gasteiger partial charge on any atom is -0.383 e. The maximum absolute atomic E-state index is 12.0. The number of nitrogens with one attached hydrogen (secondary N) is 2. The predicted octanol–water partition coefficient (Wildman–Crippen LogP) is 1.17. The van der Waals surface area contributed by atoms with E-state index in [0.717, 1.165) is 4.88 Å². The van der Waals surface area contributed by atoms with Crippen molar-refractivity contribution in [2.75, 3.05) is 31.3 Å². The van der Waals surface area contributed by atoms with Gasteiger partial charge in [0, 0.05) is 24.7 Å². The standard InChI is InChI=1S/C11H15N5O2S2/c1-18-3-2-14-11-16-9(12)8(20-11)10(17)15-5-7-4-13-6-19-7/h4,6H,2-3,5,12H2,1H3,(H,14,16)(H,15,17). The Kier molecular flexibility index (Phi) is 5.27. The first-order chi connectivity index (χ1) is 9.70. The van der Waals surface area contributed by atoms with E-state index in [4.69, 9.17) is 10.5 Å². The molecule has 0 aliphatic rings. The van der Waals surface area contributed by atoms with Gasteiger partial charge in [-0.05, 0) is 0 Å². The average molecular weight is 313 g/mol. The molecule has 9 heteroatoms. The predicted molar refractivity (Wildman–Crippen MR) is 80.2 cm³/mol. The zero-order valence-electron chi connectivity index (χ0n) is 10.9. The maximum atomic E-state index is 12.0. The molecule has 2 aromatic rings. The molecule has 4 N–H and O–H groups in total. The average Bonchev–Trinajstić information content (AvgIpc) is 3.06. The van der Waals surface area contributed by atoms with Gasteiger partial charge in [0.15, 0.2) is 5.13 Å². The molecule has 0 aliphatic carbocycles. The van der Waals surface area contributed by atoms with Gasteiger partial charge in [0.1, 0.15) is 10.7 Å². The molecule has 0 atom stereocenters. The Bertz CT molecular complexity index is 555. The van der Waals surface area contributed by atoms with Crippen LogP contribution in [0.15, 0.2) is 11.7 Å². The SMILES string of the molecule is COCCNc1nc(N)c(C(=O)NCc2cncs2)s1. The third-order valence-corrected chi connectivity index (χ3v) is 4.16. The molecule has 2 heterocycles. The third kappa shape index (κ3) is 3.89. The number of nitrogens with two attached hydrogens (primary N) is 1. The summed E-state index contributed by atoms with van der Waals surface area (Å²) in [5.74, 6) is 0.00455. The Morgan fingerprint density at radius 1 is 1.55 bits per heavy atom. The Morgan fingerprint density at radius 2 is 2.40 bits per heavy atom. The highest BCUT2D eigenvalue weighted by atomic mass is 32.1. The normalized spacial score (nSPS) is 10.4. The van der Waals surface area contributed by atoms with Crippen LogP contribution in [0, 0.1) is 0 Å². The van der Waals surface area contributed by atoms with Gasteiger partial charge in [-0.1, -0.05) is 11.3 Å². The zero-order valence-corrected chi connectivity index (χ0v) is 12.5. The Morgan fingerprint density at radius 3 is 3.10 bits per heavy atom. The van der Waals surface area contributed by atoms with E-state index in [1.165, 1.54) is 22.7 Å². The van der Waals surface area contributed by atoms with Gasteiger partial charge in [0.05, 0.1) is 18.7 Å². The van der Waals surface area contributed by atoms with E-state index in [1.807, 2.05) is 0 Å². The van der Waals surface area contributed by atoms with E-state index in [9.17, 15) is 4.79 Å². The van der Waals surface area contributed by atoms with Gasteiger partial charge in [0.2, 0.25) is 0 Å². The van der Waals surface area contributed by atoms with Gasteiger partial charge in [0.25, 0.3) is 5.91 Å². The molecule has 108 valence electrons. The van der Waals surface area contributed by atoms with E-state index in [2.05, 4.69) is 20.6 Å². The number of aromatic nitrogens is 2. The van der Waals surface area contributed by atoms with Gasteiger partial charge in [-0.3, -0.25) is 9.78 Å². The molecular formula is C11H15N5O2S2. The molecule has 0 aromatic carbocycles. The number of amides is 1. The summed E-state index contributed by atoms with van der Waals surface area (Å²) in [6.45, 7) is 1.62. The third-order valence-electron chi connectivity index (χ3n) is 2.35. The van der Waals surface area contributed by atoms with Crippen molar-refractivity contribution in [3.63, 3.8) is 0 Å². The molecular weight excluding hydrogens is 298 g/mol. The lowest BCUT2D eigenvalue weighted by atomic mass is 10.4. The van der Waals surface area contributed by atoms with E-state index in [-0.39, 0.29) is 11.7 Å². The minimum absolute atomic E-state index is 0.229. The van der Waals surface area contributed by atoms with Crippen molar-refractivity contribution in [3.05, 3.63) is 21.5 Å². The Balaban J connectivity index is 1.92. The minimum atomic E-state index is -0.229.